The Morgan fingerprint density at radius 3 is 1.15 bits per heavy atom. The van der Waals surface area contributed by atoms with Crippen LogP contribution in [0.15, 0.2) is 48.6 Å². The number of hydrogen-bond donors (Lipinski definition) is 0. The van der Waals surface area contributed by atoms with E-state index in [1.807, 2.05) is 33.3 Å². The fraction of sp³-hybridized carbons (Fsp3) is 0.825. The van der Waals surface area contributed by atoms with Crippen molar-refractivity contribution < 1.29 is 42.9 Å². The number of ether oxygens (including phenoxy) is 4. The normalized spacial score (nSPS) is 13.1. The highest BCUT2D eigenvalue weighted by Crippen LogP contribution is 2.18. The number of esters is 2. The third-order valence-corrected chi connectivity index (χ3v) is 13.4. The lowest BCUT2D eigenvalue weighted by Gasteiger charge is -2.26. The minimum absolute atomic E-state index is 0.127. The molecule has 2 unspecified atom stereocenters. The average Bonchev–Trinajstić information content (AvgIpc) is 3.35. The van der Waals surface area contributed by atoms with Gasteiger partial charge in [-0.15, -0.1) is 0 Å². The van der Waals surface area contributed by atoms with Gasteiger partial charge in [0.1, 0.15) is 13.2 Å². The molecule has 0 amide bonds. The Bertz CT molecular complexity index is 1320. The second-order valence-corrected chi connectivity index (χ2v) is 21.6. The van der Waals surface area contributed by atoms with Gasteiger partial charge >= 0.3 is 11.9 Å². The van der Waals surface area contributed by atoms with E-state index in [1.165, 1.54) is 199 Å². The summed E-state index contributed by atoms with van der Waals surface area (Å²) in [6, 6.07) is 0. The third kappa shape index (κ3) is 55.0. The van der Waals surface area contributed by atoms with Gasteiger partial charge in [-0.2, -0.15) is 0 Å². The van der Waals surface area contributed by atoms with Crippen LogP contribution in [-0.4, -0.2) is 82.3 Å². The van der Waals surface area contributed by atoms with Crippen LogP contribution >= 0.6 is 0 Å². The van der Waals surface area contributed by atoms with Crippen LogP contribution in [-0.2, 0) is 33.3 Å². The maximum atomic E-state index is 12.7. The van der Waals surface area contributed by atoms with Gasteiger partial charge in [0.05, 0.1) is 40.3 Å². The summed E-state index contributed by atoms with van der Waals surface area (Å²) in [6.45, 7) is 4.57. The fourth-order valence-corrected chi connectivity index (χ4v) is 8.73. The van der Waals surface area contributed by atoms with Crippen molar-refractivity contribution in [1.82, 2.24) is 0 Å². The number of nitrogens with zero attached hydrogens (tertiary/aromatic N) is 1. The van der Waals surface area contributed by atoms with Crippen LogP contribution in [0.4, 0.5) is 0 Å². The van der Waals surface area contributed by atoms with Crippen LogP contribution in [0.25, 0.3) is 0 Å². The Balaban J connectivity index is 4.00. The Hall–Kier alpha value is -2.75. The summed E-state index contributed by atoms with van der Waals surface area (Å²) >= 11 is 0. The number of unbranched alkanes of at least 4 members (excludes halogenated alkanes) is 33. The van der Waals surface area contributed by atoms with Crippen LogP contribution in [0.1, 0.15) is 277 Å². The number of carboxylic acid groups (broad SMARTS) is 1. The highest BCUT2D eigenvalue weighted by atomic mass is 16.7. The fourth-order valence-electron chi connectivity index (χ4n) is 8.73. The van der Waals surface area contributed by atoms with Gasteiger partial charge < -0.3 is 33.3 Å². The Morgan fingerprint density at radius 2 is 0.792 bits per heavy atom. The number of carbonyl (C=O) groups is 3. The number of allylic oxidation sites excluding steroid dienone is 8. The highest BCUT2D eigenvalue weighted by molar-refractivity contribution is 5.70. The van der Waals surface area contributed by atoms with E-state index in [2.05, 4.69) is 50.3 Å². The van der Waals surface area contributed by atoms with E-state index >= 15 is 0 Å². The van der Waals surface area contributed by atoms with Gasteiger partial charge in [-0.3, -0.25) is 9.59 Å². The van der Waals surface area contributed by atoms with Crippen LogP contribution in [0.2, 0.25) is 0 Å². The number of aliphatic carboxylic acids is 1. The molecule has 420 valence electrons. The molecule has 0 radical (unpaired) electrons. The summed E-state index contributed by atoms with van der Waals surface area (Å²) < 4.78 is 22.6. The molecule has 9 heteroatoms. The van der Waals surface area contributed by atoms with Gasteiger partial charge in [-0.1, -0.05) is 274 Å². The van der Waals surface area contributed by atoms with Crippen molar-refractivity contribution in [2.45, 2.75) is 289 Å². The first-order valence-corrected chi connectivity index (χ1v) is 30.3. The third-order valence-electron chi connectivity index (χ3n) is 13.4. The highest BCUT2D eigenvalue weighted by Gasteiger charge is 2.21. The van der Waals surface area contributed by atoms with E-state index in [9.17, 15) is 19.5 Å². The standard InChI is InChI=1S/C63H115NO8/c1-6-8-10-12-14-16-18-20-21-22-23-24-25-26-27-28-29-30-31-32-33-34-35-36-37-38-39-40-42-43-45-47-49-51-53-60(65)70-57-59(58-71-63(62(67)68)69-56-55-64(3,4)5)72-61(66)54-52-50-48-46-44-41-19-17-15-13-11-9-7-2/h9,11,15,17,41,44,48,50,59,63H,6-8,10,12-14,16,18-40,42-43,45-47,49,51-58H2,1-5H3/b11-9-,17-15-,44-41-,50-48-. The number of carbonyl (C=O) groups excluding carboxylic acids is 3. The van der Waals surface area contributed by atoms with E-state index in [-0.39, 0.29) is 38.6 Å². The number of hydrogen-bond acceptors (Lipinski definition) is 8. The maximum Gasteiger partial charge on any atom is 0.306 e. The molecule has 0 N–H and O–H groups in total. The second-order valence-electron chi connectivity index (χ2n) is 21.6. The number of likely N-dealkylation sites (N-methyl/N-ethyl adjacent to an activating group) is 1. The van der Waals surface area contributed by atoms with Crippen LogP contribution in [0.3, 0.4) is 0 Å². The molecule has 0 aliphatic rings. The molecule has 2 atom stereocenters. The molecule has 0 bridgehead atoms. The minimum atomic E-state index is -1.64. The smallest absolute Gasteiger partial charge is 0.306 e. The number of rotatable bonds is 56. The molecule has 0 saturated carbocycles. The molecule has 0 saturated heterocycles. The summed E-state index contributed by atoms with van der Waals surface area (Å²) in [5, 5.41) is 11.7. The maximum absolute atomic E-state index is 12.7. The lowest BCUT2D eigenvalue weighted by molar-refractivity contribution is -0.870. The molecule has 0 fully saturated rings. The molecule has 0 aliphatic carbocycles. The van der Waals surface area contributed by atoms with Gasteiger partial charge in [-0.25, -0.2) is 0 Å². The van der Waals surface area contributed by atoms with Crippen LogP contribution in [0, 0.1) is 0 Å². The molecule has 0 aromatic carbocycles. The predicted molar refractivity (Wildman–Crippen MR) is 302 cm³/mol. The summed E-state index contributed by atoms with van der Waals surface area (Å²) in [7, 11) is 5.90. The van der Waals surface area contributed by atoms with Crippen LogP contribution < -0.4 is 5.11 Å². The number of carboxylic acids is 1. The van der Waals surface area contributed by atoms with Crippen LogP contribution in [0.5, 0.6) is 0 Å². The lowest BCUT2D eigenvalue weighted by atomic mass is 10.0. The first kappa shape index (κ1) is 69.2. The molecular weight excluding hydrogens is 899 g/mol. The van der Waals surface area contributed by atoms with Crippen molar-refractivity contribution in [1.29, 1.82) is 0 Å². The van der Waals surface area contributed by atoms with Crippen molar-refractivity contribution in [3.8, 4) is 0 Å². The molecular formula is C63H115NO8. The van der Waals surface area contributed by atoms with Gasteiger partial charge in [0.2, 0.25) is 0 Å². The van der Waals surface area contributed by atoms with Gasteiger partial charge in [0, 0.05) is 12.8 Å². The molecule has 0 aliphatic heterocycles. The zero-order chi connectivity index (χ0) is 52.7. The molecule has 0 spiro atoms. The summed E-state index contributed by atoms with van der Waals surface area (Å²) in [6.07, 6.45) is 65.2. The Kier molecular flexibility index (Phi) is 52.4. The first-order chi connectivity index (χ1) is 35.1. The quantitative estimate of drug-likeness (QED) is 0.0195. The summed E-state index contributed by atoms with van der Waals surface area (Å²) in [5.41, 5.74) is 0. The average molecular weight is 1010 g/mol. The van der Waals surface area contributed by atoms with E-state index in [4.69, 9.17) is 18.9 Å². The minimum Gasteiger partial charge on any atom is -0.545 e. The van der Waals surface area contributed by atoms with Crippen molar-refractivity contribution in [3.63, 3.8) is 0 Å². The van der Waals surface area contributed by atoms with Crippen molar-refractivity contribution in [3.05, 3.63) is 48.6 Å². The zero-order valence-corrected chi connectivity index (χ0v) is 47.8. The van der Waals surface area contributed by atoms with Crippen molar-refractivity contribution in [2.75, 3.05) is 47.5 Å². The van der Waals surface area contributed by atoms with E-state index < -0.39 is 24.3 Å². The monoisotopic (exact) mass is 1010 g/mol. The molecule has 0 heterocycles. The van der Waals surface area contributed by atoms with E-state index in [0.717, 1.165) is 44.9 Å². The molecule has 0 aromatic heterocycles. The Labute approximate surface area is 444 Å². The molecule has 0 rings (SSSR count). The SMILES string of the molecule is CC/C=C\C/C=C\C/C=C\C/C=C\CCC(=O)OC(COC(=O)CCCCCCCCCCCCCCCCCCCCCCCCCCCCCCCCCCCC)COC(OCC[N+](C)(C)C)C(=O)[O-]. The zero-order valence-electron chi connectivity index (χ0n) is 47.8. The predicted octanol–water partition coefficient (Wildman–Crippen LogP) is 16.5. The van der Waals surface area contributed by atoms with Crippen molar-refractivity contribution >= 4 is 17.9 Å². The summed E-state index contributed by atoms with van der Waals surface area (Å²) in [4.78, 5) is 37.1. The Morgan fingerprint density at radius 1 is 0.431 bits per heavy atom. The van der Waals surface area contributed by atoms with E-state index in [1.54, 1.807) is 0 Å². The number of quaternary nitrogens is 1. The lowest BCUT2D eigenvalue weighted by Crippen LogP contribution is -2.44. The molecule has 0 aromatic rings. The second kappa shape index (κ2) is 54.5. The van der Waals surface area contributed by atoms with Gasteiger partial charge in [0.25, 0.3) is 0 Å². The molecule has 9 nitrogen and oxygen atoms in total. The topological polar surface area (TPSA) is 111 Å². The first-order valence-electron chi connectivity index (χ1n) is 30.3. The summed E-state index contributed by atoms with van der Waals surface area (Å²) in [5.74, 6) is -2.38. The largest absolute Gasteiger partial charge is 0.545 e. The molecule has 72 heavy (non-hydrogen) atoms. The van der Waals surface area contributed by atoms with Gasteiger partial charge in [-0.05, 0) is 38.5 Å². The van der Waals surface area contributed by atoms with Gasteiger partial charge in [0.15, 0.2) is 12.4 Å². The van der Waals surface area contributed by atoms with E-state index in [0.29, 0.717) is 17.4 Å². The van der Waals surface area contributed by atoms with Crippen molar-refractivity contribution in [2.24, 2.45) is 0 Å².